The van der Waals surface area contributed by atoms with Gasteiger partial charge in [0.05, 0.1) is 11.0 Å². The normalized spacial score (nSPS) is 26.0. The van der Waals surface area contributed by atoms with Crippen LogP contribution in [0.5, 0.6) is 0 Å². The molecule has 2 aliphatic rings. The van der Waals surface area contributed by atoms with Crippen molar-refractivity contribution in [1.29, 1.82) is 0 Å². The molecule has 24 heavy (non-hydrogen) atoms. The molecule has 1 aliphatic carbocycles. The fourth-order valence-electron chi connectivity index (χ4n) is 3.11. The molecule has 1 unspecified atom stereocenters. The van der Waals surface area contributed by atoms with Crippen molar-refractivity contribution in [2.24, 2.45) is 5.41 Å². The van der Waals surface area contributed by atoms with E-state index < -0.39 is 15.6 Å². The SMILES string of the molecule is CC1(C(=O)N2CCCN(C(=O)c3ccccc3F)CC2)CC1(Cl)Cl. The maximum Gasteiger partial charge on any atom is 0.256 e. The molecule has 1 saturated heterocycles. The van der Waals surface area contributed by atoms with E-state index in [0.29, 0.717) is 39.0 Å². The lowest BCUT2D eigenvalue weighted by atomic mass is 10.1. The Hall–Kier alpha value is -1.33. The number of alkyl halides is 2. The molecule has 0 radical (unpaired) electrons. The second-order valence-corrected chi connectivity index (χ2v) is 8.12. The molecule has 0 aromatic heterocycles. The average Bonchev–Trinajstić information content (AvgIpc) is 3.16. The maximum atomic E-state index is 13.8. The number of carbonyl (C=O) groups excluding carboxylic acids is 2. The van der Waals surface area contributed by atoms with Gasteiger partial charge in [0.2, 0.25) is 5.91 Å². The summed E-state index contributed by atoms with van der Waals surface area (Å²) in [5.74, 6) is -0.948. The minimum Gasteiger partial charge on any atom is -0.340 e. The molecule has 1 aromatic rings. The van der Waals surface area contributed by atoms with E-state index >= 15 is 0 Å². The van der Waals surface area contributed by atoms with Gasteiger partial charge in [-0.2, -0.15) is 0 Å². The summed E-state index contributed by atoms with van der Waals surface area (Å²) < 4.78 is 12.8. The van der Waals surface area contributed by atoms with Crippen LogP contribution in [0.2, 0.25) is 0 Å². The van der Waals surface area contributed by atoms with Crippen molar-refractivity contribution in [1.82, 2.24) is 9.80 Å². The molecule has 1 heterocycles. The summed E-state index contributed by atoms with van der Waals surface area (Å²) in [6, 6.07) is 5.94. The molecular weight excluding hydrogens is 354 g/mol. The van der Waals surface area contributed by atoms with Crippen LogP contribution in [0.1, 0.15) is 30.1 Å². The summed E-state index contributed by atoms with van der Waals surface area (Å²) in [7, 11) is 0. The van der Waals surface area contributed by atoms with Crippen molar-refractivity contribution in [2.45, 2.75) is 24.1 Å². The van der Waals surface area contributed by atoms with Gasteiger partial charge >= 0.3 is 0 Å². The molecule has 2 amide bonds. The average molecular weight is 373 g/mol. The molecule has 0 spiro atoms. The van der Waals surface area contributed by atoms with Crippen molar-refractivity contribution >= 4 is 35.0 Å². The Morgan fingerprint density at radius 3 is 2.29 bits per heavy atom. The van der Waals surface area contributed by atoms with Crippen LogP contribution in [0.15, 0.2) is 24.3 Å². The predicted octanol–water partition coefficient (Wildman–Crippen LogP) is 3.08. The van der Waals surface area contributed by atoms with Crippen LogP contribution < -0.4 is 0 Å². The van der Waals surface area contributed by atoms with Crippen LogP contribution >= 0.6 is 23.2 Å². The Balaban J connectivity index is 1.67. The molecular formula is C17H19Cl2FN2O2. The van der Waals surface area contributed by atoms with Crippen LogP contribution in [-0.2, 0) is 4.79 Å². The number of hydrogen-bond acceptors (Lipinski definition) is 2. The van der Waals surface area contributed by atoms with Crippen LogP contribution in [-0.4, -0.2) is 52.1 Å². The molecule has 0 N–H and O–H groups in total. The van der Waals surface area contributed by atoms with E-state index in [1.165, 1.54) is 12.1 Å². The number of nitrogens with zero attached hydrogens (tertiary/aromatic N) is 2. The van der Waals surface area contributed by atoms with E-state index in [4.69, 9.17) is 23.2 Å². The second kappa shape index (κ2) is 6.19. The third-order valence-corrected chi connectivity index (χ3v) is 6.01. The van der Waals surface area contributed by atoms with Gasteiger partial charge in [-0.1, -0.05) is 12.1 Å². The second-order valence-electron chi connectivity index (χ2n) is 6.63. The van der Waals surface area contributed by atoms with Crippen molar-refractivity contribution in [3.8, 4) is 0 Å². The highest BCUT2D eigenvalue weighted by molar-refractivity contribution is 6.53. The Bertz CT molecular complexity index is 682. The van der Waals surface area contributed by atoms with Crippen molar-refractivity contribution in [2.75, 3.05) is 26.2 Å². The highest BCUT2D eigenvalue weighted by atomic mass is 35.5. The molecule has 130 valence electrons. The van der Waals surface area contributed by atoms with E-state index in [0.717, 1.165) is 0 Å². The summed E-state index contributed by atoms with van der Waals surface area (Å²) in [4.78, 5) is 28.4. The Labute approximate surface area is 150 Å². The smallest absolute Gasteiger partial charge is 0.256 e. The first-order valence-corrected chi connectivity index (χ1v) is 8.73. The Kier molecular flexibility index (Phi) is 4.51. The predicted molar refractivity (Wildman–Crippen MR) is 90.7 cm³/mol. The van der Waals surface area contributed by atoms with E-state index in [9.17, 15) is 14.0 Å². The number of rotatable bonds is 2. The molecule has 7 heteroatoms. The van der Waals surface area contributed by atoms with Crippen LogP contribution in [0.3, 0.4) is 0 Å². The molecule has 1 aromatic carbocycles. The first kappa shape index (κ1) is 17.5. The van der Waals surface area contributed by atoms with Gasteiger partial charge in [0.15, 0.2) is 0 Å². The standard InChI is InChI=1S/C17H19Cl2FN2O2/c1-16(11-17(16,18)19)15(24)22-8-4-7-21(9-10-22)14(23)12-5-2-3-6-13(12)20/h2-3,5-6H,4,7-11H2,1H3. The number of hydrogen-bond donors (Lipinski definition) is 0. The number of benzene rings is 1. The largest absolute Gasteiger partial charge is 0.340 e. The zero-order valence-electron chi connectivity index (χ0n) is 13.4. The molecule has 3 rings (SSSR count). The molecule has 4 nitrogen and oxygen atoms in total. The highest BCUT2D eigenvalue weighted by Gasteiger charge is 2.68. The number of halogens is 3. The zero-order chi connectivity index (χ0) is 17.5. The monoisotopic (exact) mass is 372 g/mol. The van der Waals surface area contributed by atoms with Crippen LogP contribution in [0.4, 0.5) is 4.39 Å². The molecule has 0 bridgehead atoms. The number of carbonyl (C=O) groups is 2. The highest BCUT2D eigenvalue weighted by Crippen LogP contribution is 2.64. The zero-order valence-corrected chi connectivity index (χ0v) is 14.9. The van der Waals surface area contributed by atoms with Gasteiger partial charge in [0, 0.05) is 26.2 Å². The minimum atomic E-state index is -1.00. The maximum absolute atomic E-state index is 13.8. The van der Waals surface area contributed by atoms with Crippen molar-refractivity contribution in [3.63, 3.8) is 0 Å². The summed E-state index contributed by atoms with van der Waals surface area (Å²) in [6.07, 6.45) is 1.08. The fourth-order valence-corrected chi connectivity index (χ4v) is 3.81. The lowest BCUT2D eigenvalue weighted by molar-refractivity contribution is -0.136. The third kappa shape index (κ3) is 3.00. The van der Waals surface area contributed by atoms with Gasteiger partial charge in [0.1, 0.15) is 10.2 Å². The topological polar surface area (TPSA) is 40.6 Å². The quantitative estimate of drug-likeness (QED) is 0.748. The Morgan fingerprint density at radius 2 is 1.67 bits per heavy atom. The van der Waals surface area contributed by atoms with Gasteiger partial charge in [-0.25, -0.2) is 4.39 Å². The van der Waals surface area contributed by atoms with Crippen molar-refractivity contribution in [3.05, 3.63) is 35.6 Å². The molecule has 1 saturated carbocycles. The molecule has 1 aliphatic heterocycles. The third-order valence-electron chi connectivity index (χ3n) is 4.90. The number of amides is 2. The van der Waals surface area contributed by atoms with E-state index in [1.54, 1.807) is 28.9 Å². The first-order valence-electron chi connectivity index (χ1n) is 7.97. The van der Waals surface area contributed by atoms with Gasteiger partial charge in [-0.3, -0.25) is 9.59 Å². The lowest BCUT2D eigenvalue weighted by Gasteiger charge is -2.25. The van der Waals surface area contributed by atoms with Gasteiger partial charge < -0.3 is 9.80 Å². The van der Waals surface area contributed by atoms with Crippen molar-refractivity contribution < 1.29 is 14.0 Å². The molecule has 2 fully saturated rings. The van der Waals surface area contributed by atoms with Gasteiger partial charge in [-0.05, 0) is 31.9 Å². The van der Waals surface area contributed by atoms with E-state index in [2.05, 4.69) is 0 Å². The van der Waals surface area contributed by atoms with E-state index in [1.807, 2.05) is 0 Å². The van der Waals surface area contributed by atoms with Gasteiger partial charge in [0.25, 0.3) is 5.91 Å². The Morgan fingerprint density at radius 1 is 1.08 bits per heavy atom. The summed E-state index contributed by atoms with van der Waals surface area (Å²) in [6.45, 7) is 3.56. The van der Waals surface area contributed by atoms with Crippen LogP contribution in [0.25, 0.3) is 0 Å². The first-order chi connectivity index (χ1) is 11.3. The summed E-state index contributed by atoms with van der Waals surface area (Å²) >= 11 is 12.2. The molecule has 1 atom stereocenters. The van der Waals surface area contributed by atoms with Crippen LogP contribution in [0, 0.1) is 11.2 Å². The fraction of sp³-hybridized carbons (Fsp3) is 0.529. The minimum absolute atomic E-state index is 0.0620. The van der Waals surface area contributed by atoms with E-state index in [-0.39, 0.29) is 17.4 Å². The van der Waals surface area contributed by atoms with Gasteiger partial charge in [-0.15, -0.1) is 23.2 Å². The lowest BCUT2D eigenvalue weighted by Crippen LogP contribution is -2.41. The summed E-state index contributed by atoms with van der Waals surface area (Å²) in [5.41, 5.74) is -0.687. The summed E-state index contributed by atoms with van der Waals surface area (Å²) in [5, 5.41) is 0.